The lowest BCUT2D eigenvalue weighted by atomic mass is 9.94. The maximum absolute atomic E-state index is 5.78. The smallest absolute Gasteiger partial charge is 0.160 e. The van der Waals surface area contributed by atoms with Crippen molar-refractivity contribution in [3.63, 3.8) is 0 Å². The van der Waals surface area contributed by atoms with Crippen molar-refractivity contribution < 1.29 is 0 Å². The normalized spacial score (nSPS) is 13.8. The van der Waals surface area contributed by atoms with Gasteiger partial charge in [-0.1, -0.05) is 29.3 Å². The maximum Gasteiger partial charge on any atom is 0.160 e. The molecule has 23 heavy (non-hydrogen) atoms. The molecule has 0 saturated heterocycles. The van der Waals surface area contributed by atoms with Crippen molar-refractivity contribution in [2.45, 2.75) is 25.7 Å². The fraction of sp³-hybridized carbons (Fsp3) is 0.286. The maximum atomic E-state index is 5.78. The number of halogens is 3. The van der Waals surface area contributed by atoms with Gasteiger partial charge >= 0.3 is 0 Å². The Bertz CT molecular complexity index is 722. The van der Waals surface area contributed by atoms with E-state index in [1.807, 2.05) is 0 Å². The molecule has 0 spiro atoms. The van der Waals surface area contributed by atoms with Crippen LogP contribution < -0.4 is 11.5 Å². The number of hydrogen-bond donors (Lipinski definition) is 2. The Balaban J connectivity index is 0.000000185. The van der Waals surface area contributed by atoms with Gasteiger partial charge in [-0.3, -0.25) is 0 Å². The summed E-state index contributed by atoms with van der Waals surface area (Å²) in [6, 6.07) is 3.38. The van der Waals surface area contributed by atoms with E-state index in [2.05, 4.69) is 42.4 Å². The topological polar surface area (TPSA) is 104 Å². The first kappa shape index (κ1) is 17.9. The molecule has 0 saturated carbocycles. The summed E-state index contributed by atoms with van der Waals surface area (Å²) in [6.45, 7) is 0. The monoisotopic (exact) mass is 416 g/mol. The van der Waals surface area contributed by atoms with Crippen molar-refractivity contribution in [2.24, 2.45) is 0 Å². The number of anilines is 2. The van der Waals surface area contributed by atoms with E-state index in [1.54, 1.807) is 12.1 Å². The largest absolute Gasteiger partial charge is 0.382 e. The minimum atomic E-state index is 0.330. The minimum absolute atomic E-state index is 0.330. The number of rotatable bonds is 1. The second-order valence-corrected chi connectivity index (χ2v) is 6.47. The number of nitrogen functional groups attached to an aromatic ring is 2. The van der Waals surface area contributed by atoms with Gasteiger partial charge in [-0.15, -0.1) is 20.4 Å². The number of nitrogens with two attached hydrogens (primary N) is 2. The second-order valence-electron chi connectivity index (χ2n) is 4.84. The van der Waals surface area contributed by atoms with Crippen LogP contribution in [-0.2, 0) is 0 Å². The van der Waals surface area contributed by atoms with Crippen LogP contribution >= 0.6 is 39.1 Å². The molecule has 0 aromatic carbocycles. The van der Waals surface area contributed by atoms with E-state index >= 15 is 0 Å². The average Bonchev–Trinajstić information content (AvgIpc) is 2.55. The molecule has 0 fully saturated rings. The molecule has 122 valence electrons. The van der Waals surface area contributed by atoms with E-state index in [9.17, 15) is 0 Å². The molecule has 1 aliphatic rings. The molecule has 0 radical (unpaired) electrons. The van der Waals surface area contributed by atoms with Crippen molar-refractivity contribution in [1.82, 2.24) is 20.4 Å². The van der Waals surface area contributed by atoms with Crippen molar-refractivity contribution in [2.75, 3.05) is 11.5 Å². The molecule has 9 heteroatoms. The molecule has 2 aromatic rings. The Morgan fingerprint density at radius 1 is 0.913 bits per heavy atom. The molecule has 4 N–H and O–H groups in total. The van der Waals surface area contributed by atoms with E-state index in [4.69, 9.17) is 34.7 Å². The van der Waals surface area contributed by atoms with Gasteiger partial charge in [-0.25, -0.2) is 0 Å². The van der Waals surface area contributed by atoms with E-state index in [1.165, 1.54) is 18.4 Å². The number of allylic oxidation sites excluding steroid dienone is 2. The van der Waals surface area contributed by atoms with Gasteiger partial charge in [0.1, 0.15) is 0 Å². The van der Waals surface area contributed by atoms with Crippen LogP contribution in [0.15, 0.2) is 22.7 Å². The zero-order valence-corrected chi connectivity index (χ0v) is 15.2. The van der Waals surface area contributed by atoms with Crippen LogP contribution in [0.1, 0.15) is 31.2 Å². The zero-order chi connectivity index (χ0) is 16.8. The summed E-state index contributed by atoms with van der Waals surface area (Å²) in [7, 11) is 0. The summed E-state index contributed by atoms with van der Waals surface area (Å²) in [6.07, 6.45) is 6.87. The van der Waals surface area contributed by atoms with Crippen molar-refractivity contribution >= 4 is 56.3 Å². The van der Waals surface area contributed by atoms with Crippen LogP contribution in [0.3, 0.4) is 0 Å². The van der Waals surface area contributed by atoms with E-state index < -0.39 is 0 Å². The van der Waals surface area contributed by atoms with Gasteiger partial charge in [0.15, 0.2) is 21.9 Å². The molecule has 1 aliphatic carbocycles. The third-order valence-corrected chi connectivity index (χ3v) is 4.18. The summed E-state index contributed by atoms with van der Waals surface area (Å²) in [4.78, 5) is 0. The molecular formula is C14H15BrCl2N6. The fourth-order valence-corrected chi connectivity index (χ4v) is 2.80. The van der Waals surface area contributed by atoms with Crippen molar-refractivity contribution in [3.8, 4) is 0 Å². The van der Waals surface area contributed by atoms with E-state index in [0.717, 1.165) is 18.4 Å². The molecule has 3 rings (SSSR count). The third-order valence-electron chi connectivity index (χ3n) is 3.17. The highest BCUT2D eigenvalue weighted by Crippen LogP contribution is 2.30. The predicted octanol–water partition coefficient (Wildman–Crippen LogP) is 4.14. The van der Waals surface area contributed by atoms with Gasteiger partial charge in [-0.05, 0) is 59.3 Å². The standard InChI is InChI=1S/C10H12ClN3.C4H3BrClN3/c11-9-6-8(10(12)14-13-9)7-4-2-1-3-5-7;5-2-1-3(6)8-9-4(2)7/h4,6H,1-3,5H2,(H2,12,14);1H,(H2,7,9). The highest BCUT2D eigenvalue weighted by Gasteiger charge is 2.11. The highest BCUT2D eigenvalue weighted by atomic mass is 79.9. The first-order valence-electron chi connectivity index (χ1n) is 6.89. The molecule has 0 bridgehead atoms. The first-order valence-corrected chi connectivity index (χ1v) is 8.44. The molecule has 6 nitrogen and oxygen atoms in total. The first-order chi connectivity index (χ1) is 11.0. The summed E-state index contributed by atoms with van der Waals surface area (Å²) in [5.41, 5.74) is 13.3. The Kier molecular flexibility index (Phi) is 6.56. The molecule has 2 aromatic heterocycles. The van der Waals surface area contributed by atoms with Crippen LogP contribution in [0.4, 0.5) is 11.6 Å². The number of nitrogens with zero attached hydrogens (tertiary/aromatic N) is 4. The lowest BCUT2D eigenvalue weighted by Crippen LogP contribution is -2.01. The summed E-state index contributed by atoms with van der Waals surface area (Å²) in [5, 5.41) is 15.3. The van der Waals surface area contributed by atoms with Gasteiger partial charge < -0.3 is 11.5 Å². The van der Waals surface area contributed by atoms with Crippen molar-refractivity contribution in [1.29, 1.82) is 0 Å². The van der Waals surface area contributed by atoms with Crippen LogP contribution in [0.2, 0.25) is 10.3 Å². The molecule has 0 atom stereocenters. The van der Waals surface area contributed by atoms with Crippen LogP contribution in [0, 0.1) is 0 Å². The van der Waals surface area contributed by atoms with E-state index in [0.29, 0.717) is 26.4 Å². The number of aromatic nitrogens is 4. The lowest BCUT2D eigenvalue weighted by molar-refractivity contribution is 0.741. The molecule has 0 amide bonds. The third kappa shape index (κ3) is 5.30. The lowest BCUT2D eigenvalue weighted by Gasteiger charge is -2.13. The second kappa shape index (κ2) is 8.42. The quantitative estimate of drug-likeness (QED) is 0.722. The van der Waals surface area contributed by atoms with Gasteiger partial charge in [0, 0.05) is 5.56 Å². The molecule has 0 unspecified atom stereocenters. The van der Waals surface area contributed by atoms with Gasteiger partial charge in [0.05, 0.1) is 4.47 Å². The van der Waals surface area contributed by atoms with Crippen molar-refractivity contribution in [3.05, 3.63) is 38.6 Å². The zero-order valence-electron chi connectivity index (χ0n) is 12.1. The predicted molar refractivity (Wildman–Crippen MR) is 97.1 cm³/mol. The summed E-state index contributed by atoms with van der Waals surface area (Å²) in [5.74, 6) is 0.821. The van der Waals surface area contributed by atoms with E-state index in [-0.39, 0.29) is 0 Å². The summed E-state index contributed by atoms with van der Waals surface area (Å²) >= 11 is 14.4. The van der Waals surface area contributed by atoms with Gasteiger partial charge in [0.2, 0.25) is 0 Å². The highest BCUT2D eigenvalue weighted by molar-refractivity contribution is 9.10. The van der Waals surface area contributed by atoms with Crippen LogP contribution in [-0.4, -0.2) is 20.4 Å². The Labute approximate surface area is 152 Å². The van der Waals surface area contributed by atoms with Gasteiger partial charge in [-0.2, -0.15) is 0 Å². The SMILES string of the molecule is Nc1nnc(Cl)cc1Br.Nc1nnc(Cl)cc1C1=CCCCC1. The Morgan fingerprint density at radius 2 is 1.57 bits per heavy atom. The molecular weight excluding hydrogens is 403 g/mol. The number of hydrogen-bond acceptors (Lipinski definition) is 6. The molecule has 0 aliphatic heterocycles. The minimum Gasteiger partial charge on any atom is -0.382 e. The fourth-order valence-electron chi connectivity index (χ4n) is 2.07. The van der Waals surface area contributed by atoms with Gasteiger partial charge in [0.25, 0.3) is 0 Å². The van der Waals surface area contributed by atoms with Crippen LogP contribution in [0.5, 0.6) is 0 Å². The summed E-state index contributed by atoms with van der Waals surface area (Å²) < 4.78 is 0.669. The molecule has 2 heterocycles. The Hall–Kier alpha value is -1.44. The average molecular weight is 418 g/mol. The van der Waals surface area contributed by atoms with Crippen LogP contribution in [0.25, 0.3) is 5.57 Å². The Morgan fingerprint density at radius 3 is 2.13 bits per heavy atom.